The lowest BCUT2D eigenvalue weighted by molar-refractivity contribution is 0.325. The summed E-state index contributed by atoms with van der Waals surface area (Å²) in [6.07, 6.45) is 8.45. The number of hydrogen-bond acceptors (Lipinski definition) is 4. The molecule has 5 aromatic rings. The van der Waals surface area contributed by atoms with Gasteiger partial charge in [-0.1, -0.05) is 109 Å². The summed E-state index contributed by atoms with van der Waals surface area (Å²) in [6.45, 7) is 10.2. The number of hydrogen-bond donors (Lipinski definition) is 0. The van der Waals surface area contributed by atoms with Crippen LogP contribution in [0.15, 0.2) is 134 Å². The Labute approximate surface area is 236 Å². The molecule has 4 nitrogen and oxygen atoms in total. The predicted octanol–water partition coefficient (Wildman–Crippen LogP) is 7.56. The third-order valence-corrected chi connectivity index (χ3v) is 7.61. The molecule has 7 rings (SSSR count). The van der Waals surface area contributed by atoms with E-state index in [1.807, 2.05) is 0 Å². The summed E-state index contributed by atoms with van der Waals surface area (Å²) in [5.74, 6) is 0. The van der Waals surface area contributed by atoms with Crippen LogP contribution in [0.1, 0.15) is 22.3 Å². The van der Waals surface area contributed by atoms with E-state index in [1.165, 1.54) is 43.8 Å². The molecule has 0 saturated heterocycles. The normalized spacial score (nSPS) is 14.8. The van der Waals surface area contributed by atoms with E-state index in [2.05, 4.69) is 167 Å². The molecule has 0 aromatic heterocycles. The molecule has 0 spiro atoms. The Hall–Kier alpha value is -4.70. The first-order valence-electron chi connectivity index (χ1n) is 13.7. The number of fused-ring (bicyclic) bond motifs is 2. The highest BCUT2D eigenvalue weighted by Gasteiger charge is 2.20. The molecule has 40 heavy (non-hydrogen) atoms. The molecule has 5 aromatic carbocycles. The Morgan fingerprint density at radius 3 is 1.12 bits per heavy atom. The van der Waals surface area contributed by atoms with E-state index >= 15 is 0 Å². The fourth-order valence-corrected chi connectivity index (χ4v) is 5.60. The zero-order chi connectivity index (χ0) is 26.7. The van der Waals surface area contributed by atoms with Crippen molar-refractivity contribution in [1.29, 1.82) is 0 Å². The SMILES string of the molecule is [C]1N(Cc2ccccc2CN2[C]N(Cc3cccc4ccccc34)C=C2)C=CN1Cc1cccc2ccccc12. The van der Waals surface area contributed by atoms with Gasteiger partial charge in [-0.05, 0) is 43.8 Å². The Morgan fingerprint density at radius 2 is 0.675 bits per heavy atom. The molecule has 0 fully saturated rings. The van der Waals surface area contributed by atoms with Crippen LogP contribution in [0.4, 0.5) is 0 Å². The largest absolute Gasteiger partial charge is 0.342 e. The smallest absolute Gasteiger partial charge is 0.208 e. The van der Waals surface area contributed by atoms with Gasteiger partial charge in [-0.3, -0.25) is 0 Å². The average molecular weight is 519 g/mol. The molecule has 0 aliphatic carbocycles. The van der Waals surface area contributed by atoms with E-state index in [9.17, 15) is 0 Å². The molecular weight excluding hydrogens is 488 g/mol. The third kappa shape index (κ3) is 5.13. The Bertz CT molecular complexity index is 1570. The first kappa shape index (κ1) is 24.3. The van der Waals surface area contributed by atoms with Crippen LogP contribution in [0.3, 0.4) is 0 Å². The highest BCUT2D eigenvalue weighted by molar-refractivity contribution is 5.86. The van der Waals surface area contributed by atoms with Crippen molar-refractivity contribution in [2.45, 2.75) is 26.2 Å². The van der Waals surface area contributed by atoms with Gasteiger partial charge in [-0.15, -0.1) is 0 Å². The van der Waals surface area contributed by atoms with E-state index in [4.69, 9.17) is 0 Å². The predicted molar refractivity (Wildman–Crippen MR) is 161 cm³/mol. The van der Waals surface area contributed by atoms with Gasteiger partial charge < -0.3 is 19.6 Å². The van der Waals surface area contributed by atoms with E-state index in [0.717, 1.165) is 26.2 Å². The third-order valence-electron chi connectivity index (χ3n) is 7.61. The van der Waals surface area contributed by atoms with Gasteiger partial charge in [-0.25, -0.2) is 0 Å². The number of benzene rings is 5. The topological polar surface area (TPSA) is 13.0 Å². The molecule has 194 valence electrons. The maximum Gasteiger partial charge on any atom is 0.208 e. The quantitative estimate of drug-likeness (QED) is 0.210. The van der Waals surface area contributed by atoms with Crippen molar-refractivity contribution < 1.29 is 0 Å². The lowest BCUT2D eigenvalue weighted by Gasteiger charge is -2.23. The summed E-state index contributed by atoms with van der Waals surface area (Å²) in [5.41, 5.74) is 5.18. The molecule has 2 heterocycles. The summed E-state index contributed by atoms with van der Waals surface area (Å²) in [5, 5.41) is 5.14. The molecule has 2 aliphatic heterocycles. The highest BCUT2D eigenvalue weighted by Crippen LogP contribution is 2.27. The average Bonchev–Trinajstić information content (AvgIpc) is 3.63. The Balaban J connectivity index is 0.973. The summed E-state index contributed by atoms with van der Waals surface area (Å²) in [6, 6.07) is 38.8. The maximum absolute atomic E-state index is 3.53. The van der Waals surface area contributed by atoms with Crippen LogP contribution in [-0.4, -0.2) is 19.6 Å². The summed E-state index contributed by atoms with van der Waals surface area (Å²) in [4.78, 5) is 8.56. The molecule has 4 heteroatoms. The van der Waals surface area contributed by atoms with Gasteiger partial charge in [0, 0.05) is 51.0 Å². The zero-order valence-electron chi connectivity index (χ0n) is 22.3. The molecule has 0 bridgehead atoms. The van der Waals surface area contributed by atoms with Crippen molar-refractivity contribution in [3.63, 3.8) is 0 Å². The fraction of sp³-hybridized carbons (Fsp3) is 0.111. The van der Waals surface area contributed by atoms with Gasteiger partial charge in [0.1, 0.15) is 0 Å². The lowest BCUT2D eigenvalue weighted by atomic mass is 10.0. The van der Waals surface area contributed by atoms with Crippen molar-refractivity contribution in [3.8, 4) is 0 Å². The molecule has 0 unspecified atom stereocenters. The van der Waals surface area contributed by atoms with Crippen LogP contribution in [0, 0.1) is 13.3 Å². The molecule has 4 radical (unpaired) electrons. The molecule has 2 aliphatic rings. The van der Waals surface area contributed by atoms with Gasteiger partial charge in [0.25, 0.3) is 0 Å². The Morgan fingerprint density at radius 1 is 0.350 bits per heavy atom. The molecule has 0 saturated carbocycles. The van der Waals surface area contributed by atoms with E-state index in [0.29, 0.717) is 0 Å². The maximum atomic E-state index is 3.53. The summed E-state index contributed by atoms with van der Waals surface area (Å²) < 4.78 is 0. The van der Waals surface area contributed by atoms with Crippen LogP contribution in [0.2, 0.25) is 0 Å². The minimum Gasteiger partial charge on any atom is -0.342 e. The summed E-state index contributed by atoms with van der Waals surface area (Å²) >= 11 is 0. The molecule has 0 N–H and O–H groups in total. The number of rotatable bonds is 8. The number of nitrogens with zero attached hydrogens (tertiary/aromatic N) is 4. The van der Waals surface area contributed by atoms with Crippen molar-refractivity contribution in [2.75, 3.05) is 0 Å². The zero-order valence-corrected chi connectivity index (χ0v) is 22.3. The van der Waals surface area contributed by atoms with Gasteiger partial charge >= 0.3 is 0 Å². The molecular formula is C36H30N4. The summed E-state index contributed by atoms with van der Waals surface area (Å²) in [7, 11) is 0. The van der Waals surface area contributed by atoms with Gasteiger partial charge in [-0.2, -0.15) is 0 Å². The Kier molecular flexibility index (Phi) is 6.58. The minimum atomic E-state index is 0.774. The second-order valence-electron chi connectivity index (χ2n) is 10.4. The van der Waals surface area contributed by atoms with Crippen LogP contribution in [0.25, 0.3) is 21.5 Å². The van der Waals surface area contributed by atoms with E-state index in [-0.39, 0.29) is 0 Å². The minimum absolute atomic E-state index is 0.774. The second-order valence-corrected chi connectivity index (χ2v) is 10.4. The van der Waals surface area contributed by atoms with E-state index < -0.39 is 0 Å². The van der Waals surface area contributed by atoms with Crippen molar-refractivity contribution >= 4 is 21.5 Å². The second kappa shape index (κ2) is 10.8. The van der Waals surface area contributed by atoms with Crippen LogP contribution >= 0.6 is 0 Å². The van der Waals surface area contributed by atoms with Crippen molar-refractivity contribution in [2.24, 2.45) is 0 Å². The standard InChI is InChI=1S/C36H30N4/c1-2-12-32(24-38-20-22-40(28-38)26-34-16-8-14-30-10-4-6-18-36(30)34)31(11-1)23-37-19-21-39(27-37)25-33-15-7-13-29-9-3-5-17-35(29)33/h1-22H,23-26H2. The van der Waals surface area contributed by atoms with Crippen molar-refractivity contribution in [1.82, 2.24) is 19.6 Å². The molecule has 0 amide bonds. The van der Waals surface area contributed by atoms with Crippen LogP contribution < -0.4 is 0 Å². The van der Waals surface area contributed by atoms with Gasteiger partial charge in [0.05, 0.1) is 0 Å². The van der Waals surface area contributed by atoms with Crippen molar-refractivity contribution in [3.05, 3.63) is 170 Å². The van der Waals surface area contributed by atoms with Crippen LogP contribution in [-0.2, 0) is 26.2 Å². The van der Waals surface area contributed by atoms with Gasteiger partial charge in [0.2, 0.25) is 13.3 Å². The highest BCUT2D eigenvalue weighted by atomic mass is 15.3. The fourth-order valence-electron chi connectivity index (χ4n) is 5.60. The van der Waals surface area contributed by atoms with E-state index in [1.54, 1.807) is 0 Å². The first-order valence-corrected chi connectivity index (χ1v) is 13.7. The van der Waals surface area contributed by atoms with Gasteiger partial charge in [0.15, 0.2) is 0 Å². The molecule has 0 atom stereocenters. The van der Waals surface area contributed by atoms with Crippen LogP contribution in [0.5, 0.6) is 0 Å². The first-order chi connectivity index (χ1) is 19.8. The lowest BCUT2D eigenvalue weighted by Crippen LogP contribution is -2.22. The monoisotopic (exact) mass is 518 g/mol.